The van der Waals surface area contributed by atoms with Gasteiger partial charge in [-0.2, -0.15) is 0 Å². The normalized spacial score (nSPS) is 8.65. The van der Waals surface area contributed by atoms with Gasteiger partial charge >= 0.3 is 0 Å². The molecule has 1 heteroatoms. The van der Waals surface area contributed by atoms with Crippen molar-refractivity contribution in [3.05, 3.63) is 682 Å². The van der Waals surface area contributed by atoms with E-state index in [0.29, 0.717) is 0 Å². The lowest BCUT2D eigenvalue weighted by atomic mass is 10.2. The van der Waals surface area contributed by atoms with Crippen LogP contribution in [-0.4, -0.2) is 5.78 Å². The van der Waals surface area contributed by atoms with E-state index >= 15 is 0 Å². The van der Waals surface area contributed by atoms with Gasteiger partial charge in [-0.3, -0.25) is 0 Å². The molecule has 708 valence electrons. The third kappa shape index (κ3) is 91.1. The molecule has 0 unspecified atom stereocenters. The zero-order valence-electron chi connectivity index (χ0n) is 86.3. The number of rotatable bonds is 0. The Bertz CT molecular complexity index is 4100. The van der Waals surface area contributed by atoms with Crippen molar-refractivity contribution in [2.45, 2.75) is 145 Å². The lowest BCUT2D eigenvalue weighted by Gasteiger charge is -1.82. The van der Waals surface area contributed by atoms with Crippen LogP contribution in [-0.2, 0) is 4.79 Å². The van der Waals surface area contributed by atoms with Crippen molar-refractivity contribution in [3.8, 4) is 0 Å². The summed E-state index contributed by atoms with van der Waals surface area (Å²) in [5.74, 6) is 0.167. The van der Waals surface area contributed by atoms with Gasteiger partial charge in [0.15, 0.2) is 0 Å². The maximum Gasteiger partial charge on any atom is 0.126 e. The summed E-state index contributed by atoms with van der Waals surface area (Å²) in [6.45, 7) is 42.6. The number of carbonyl (C=O) groups excluding carboxylic acids is 1. The number of benzene rings is 19. The molecule has 137 heavy (non-hydrogen) atoms. The molecule has 0 aliphatic carbocycles. The van der Waals surface area contributed by atoms with Crippen LogP contribution in [0.15, 0.2) is 576 Å². The molecule has 19 aromatic carbocycles. The van der Waals surface area contributed by atoms with E-state index in [4.69, 9.17) is 0 Å². The Morgan fingerprint density at radius 2 is 0.117 bits per heavy atom. The van der Waals surface area contributed by atoms with E-state index in [0.717, 1.165) is 0 Å². The molecular formula is C136H158O. The second-order valence-corrected chi connectivity index (χ2v) is 32.3. The largest absolute Gasteiger partial charge is 0.300 e. The summed E-state index contributed by atoms with van der Waals surface area (Å²) < 4.78 is 0. The molecule has 0 N–H and O–H groups in total. The molecule has 0 fully saturated rings. The van der Waals surface area contributed by atoms with Gasteiger partial charge in [0.2, 0.25) is 0 Å². The number of Topliss-reactive ketones (excluding diaryl/α,β-unsaturated/α-hetero) is 1. The highest BCUT2D eigenvalue weighted by molar-refractivity contribution is 5.72. The smallest absolute Gasteiger partial charge is 0.126 e. The van der Waals surface area contributed by atoms with Gasteiger partial charge in [-0.05, 0) is 145 Å². The third-order valence-electron chi connectivity index (χ3n) is 17.9. The van der Waals surface area contributed by atoms with Crippen LogP contribution in [0.3, 0.4) is 0 Å². The monoisotopic (exact) mass is 1810 g/mol. The Balaban J connectivity index is 0.00000142. The standard InChI is InChI=1S/19C7H8.C3H6O/c19*1-7-5-3-2-4-6-7;1-3(2)4/h19*2-6H,1H3;1-2H3. The Kier molecular flexibility index (Phi) is 78.9. The minimum Gasteiger partial charge on any atom is -0.300 e. The van der Waals surface area contributed by atoms with Gasteiger partial charge in [-0.25, -0.2) is 0 Å². The summed E-state index contributed by atoms with van der Waals surface area (Å²) in [5, 5.41) is 0. The Hall–Kier alpha value is -15.2. The molecule has 19 rings (SSSR count). The molecule has 0 spiro atoms. The molecule has 0 radical (unpaired) electrons. The number of ketones is 1. The van der Waals surface area contributed by atoms with Gasteiger partial charge in [0.05, 0.1) is 0 Å². The number of hydrogen-bond donors (Lipinski definition) is 0. The predicted octanol–water partition coefficient (Wildman–Crippen LogP) is 38.5. The van der Waals surface area contributed by atoms with Crippen LogP contribution in [0.4, 0.5) is 0 Å². The first-order valence-corrected chi connectivity index (χ1v) is 47.0. The van der Waals surface area contributed by atoms with Crippen LogP contribution in [0.25, 0.3) is 0 Å². The average Bonchev–Trinajstić information content (AvgIpc) is 1.23. The van der Waals surface area contributed by atoms with Crippen molar-refractivity contribution in [2.75, 3.05) is 0 Å². The minimum atomic E-state index is 0.167. The molecule has 0 amide bonds. The second-order valence-electron chi connectivity index (χ2n) is 32.3. The van der Waals surface area contributed by atoms with E-state index in [-0.39, 0.29) is 5.78 Å². The fourth-order valence-corrected chi connectivity index (χ4v) is 10.2. The van der Waals surface area contributed by atoms with Crippen molar-refractivity contribution in [1.82, 2.24) is 0 Å². The minimum absolute atomic E-state index is 0.167. The highest BCUT2D eigenvalue weighted by atomic mass is 16.1. The molecule has 0 saturated heterocycles. The van der Waals surface area contributed by atoms with E-state index in [1.54, 1.807) is 0 Å². The zero-order valence-corrected chi connectivity index (χ0v) is 86.3. The maximum atomic E-state index is 9.44. The van der Waals surface area contributed by atoms with Gasteiger partial charge in [-0.1, -0.05) is 682 Å². The second kappa shape index (κ2) is 88.8. The highest BCUT2D eigenvalue weighted by Crippen LogP contribution is 2.04. The zero-order chi connectivity index (χ0) is 101. The van der Waals surface area contributed by atoms with Crippen LogP contribution in [0, 0.1) is 132 Å². The van der Waals surface area contributed by atoms with E-state index < -0.39 is 0 Å². The first-order chi connectivity index (χ1) is 66.2. The lowest BCUT2D eigenvalue weighted by Crippen LogP contribution is -1.69. The summed E-state index contributed by atoms with van der Waals surface area (Å²) in [6.07, 6.45) is 0. The molecule has 19 aromatic rings. The molecule has 0 heterocycles. The first kappa shape index (κ1) is 122. The highest BCUT2D eigenvalue weighted by Gasteiger charge is 1.84. The predicted molar refractivity (Wildman–Crippen MR) is 609 cm³/mol. The van der Waals surface area contributed by atoms with Crippen molar-refractivity contribution in [3.63, 3.8) is 0 Å². The first-order valence-electron chi connectivity index (χ1n) is 47.0. The van der Waals surface area contributed by atoms with Crippen LogP contribution >= 0.6 is 0 Å². The van der Waals surface area contributed by atoms with Crippen molar-refractivity contribution in [1.29, 1.82) is 0 Å². The van der Waals surface area contributed by atoms with Crippen LogP contribution in [0.2, 0.25) is 0 Å². The molecule has 0 bridgehead atoms. The van der Waals surface area contributed by atoms with Gasteiger partial charge in [0.25, 0.3) is 0 Å². The summed E-state index contributed by atoms with van der Waals surface area (Å²) in [5.41, 5.74) is 25.1. The van der Waals surface area contributed by atoms with Crippen molar-refractivity contribution >= 4 is 5.78 Å². The fourth-order valence-electron chi connectivity index (χ4n) is 10.2. The molecule has 1 nitrogen and oxygen atoms in total. The number of hydrogen-bond acceptors (Lipinski definition) is 1. The number of aryl methyl sites for hydroxylation is 19. The van der Waals surface area contributed by atoms with Crippen LogP contribution in [0.5, 0.6) is 0 Å². The molecule has 0 atom stereocenters. The van der Waals surface area contributed by atoms with Crippen molar-refractivity contribution in [2.24, 2.45) is 0 Å². The summed E-state index contributed by atoms with van der Waals surface area (Å²) in [6, 6.07) is 195. The van der Waals surface area contributed by atoms with Gasteiger partial charge < -0.3 is 4.79 Å². The van der Waals surface area contributed by atoms with E-state index in [2.05, 4.69) is 362 Å². The van der Waals surface area contributed by atoms with Crippen LogP contribution in [0.1, 0.15) is 120 Å². The SMILES string of the molecule is CC(C)=O.Cc1ccccc1.Cc1ccccc1.Cc1ccccc1.Cc1ccccc1.Cc1ccccc1.Cc1ccccc1.Cc1ccccc1.Cc1ccccc1.Cc1ccccc1.Cc1ccccc1.Cc1ccccc1.Cc1ccccc1.Cc1ccccc1.Cc1ccccc1.Cc1ccccc1.Cc1ccccc1.Cc1ccccc1.Cc1ccccc1.Cc1ccccc1. The Morgan fingerprint density at radius 3 is 0.131 bits per heavy atom. The fraction of sp³-hybridized carbons (Fsp3) is 0.154. The maximum absolute atomic E-state index is 9.44. The molecule has 0 saturated carbocycles. The van der Waals surface area contributed by atoms with E-state index in [1.807, 2.05) is 346 Å². The Morgan fingerprint density at radius 1 is 0.0876 bits per heavy atom. The lowest BCUT2D eigenvalue weighted by molar-refractivity contribution is -0.115. The van der Waals surface area contributed by atoms with E-state index in [1.165, 1.54) is 120 Å². The van der Waals surface area contributed by atoms with Gasteiger partial charge in [-0.15, -0.1) is 0 Å². The topological polar surface area (TPSA) is 17.1 Å². The average molecular weight is 1810 g/mol. The summed E-state index contributed by atoms with van der Waals surface area (Å²) >= 11 is 0. The Labute approximate surface area is 832 Å². The summed E-state index contributed by atoms with van der Waals surface area (Å²) in [7, 11) is 0. The number of carbonyl (C=O) groups is 1. The third-order valence-corrected chi connectivity index (χ3v) is 17.9. The molecule has 0 aliphatic heterocycles. The molecular weight excluding hydrogens is 1650 g/mol. The van der Waals surface area contributed by atoms with Gasteiger partial charge in [0.1, 0.15) is 5.78 Å². The molecule has 0 aliphatic rings. The van der Waals surface area contributed by atoms with Gasteiger partial charge in [0, 0.05) is 0 Å². The summed E-state index contributed by atoms with van der Waals surface area (Å²) in [4.78, 5) is 9.44. The van der Waals surface area contributed by atoms with Crippen molar-refractivity contribution < 1.29 is 4.79 Å². The quantitative estimate of drug-likeness (QED) is 0.148. The van der Waals surface area contributed by atoms with Crippen LogP contribution < -0.4 is 0 Å². The molecule has 0 aromatic heterocycles. The van der Waals surface area contributed by atoms with E-state index in [9.17, 15) is 4.79 Å².